The Labute approximate surface area is 178 Å². The van der Waals surface area contributed by atoms with Gasteiger partial charge in [-0.05, 0) is 38.1 Å². The zero-order valence-electron chi connectivity index (χ0n) is 17.0. The van der Waals surface area contributed by atoms with Gasteiger partial charge in [-0.25, -0.2) is 4.98 Å². The maximum absolute atomic E-state index is 13.2. The summed E-state index contributed by atoms with van der Waals surface area (Å²) in [5.74, 6) is 0.788. The molecule has 4 aromatic heterocycles. The fourth-order valence-electron chi connectivity index (χ4n) is 3.63. The number of hydrogen-bond donors (Lipinski definition) is 2. The van der Waals surface area contributed by atoms with Gasteiger partial charge in [0, 0.05) is 28.1 Å². The SMILES string of the molecule is CC(C)n1cnnc1-c1cccc(NC(=O)c2[nH]c3ccccc3c2-c2ccoc2)n1. The molecular weight excluding hydrogens is 392 g/mol. The lowest BCUT2D eigenvalue weighted by molar-refractivity contribution is 0.102. The molecule has 1 aromatic carbocycles. The van der Waals surface area contributed by atoms with Crippen molar-refractivity contribution in [2.24, 2.45) is 0 Å². The third-order valence-electron chi connectivity index (χ3n) is 5.09. The molecule has 0 atom stereocenters. The zero-order valence-corrected chi connectivity index (χ0v) is 17.0. The van der Waals surface area contributed by atoms with Crippen molar-refractivity contribution in [3.8, 4) is 22.6 Å². The summed E-state index contributed by atoms with van der Waals surface area (Å²) in [4.78, 5) is 21.0. The standard InChI is InChI=1S/C23H20N6O2/c1-14(2)29-13-24-28-22(29)18-8-5-9-19(25-18)27-23(30)21-20(15-10-11-31-12-15)16-6-3-4-7-17(16)26-21/h3-14,26H,1-2H3,(H,25,27,30). The second-order valence-electron chi connectivity index (χ2n) is 7.45. The Bertz CT molecular complexity index is 1360. The van der Waals surface area contributed by atoms with Crippen LogP contribution in [0.5, 0.6) is 0 Å². The molecule has 0 unspecified atom stereocenters. The number of carbonyl (C=O) groups excluding carboxylic acids is 1. The number of furan rings is 1. The summed E-state index contributed by atoms with van der Waals surface area (Å²) in [7, 11) is 0. The van der Waals surface area contributed by atoms with Gasteiger partial charge in [0.25, 0.3) is 5.91 Å². The average Bonchev–Trinajstić information content (AvgIpc) is 3.52. The number of anilines is 1. The molecule has 0 spiro atoms. The Morgan fingerprint density at radius 2 is 2.00 bits per heavy atom. The molecule has 8 heteroatoms. The lowest BCUT2D eigenvalue weighted by Gasteiger charge is -2.10. The van der Waals surface area contributed by atoms with E-state index < -0.39 is 0 Å². The number of nitrogens with zero attached hydrogens (tertiary/aromatic N) is 4. The van der Waals surface area contributed by atoms with Crippen molar-refractivity contribution in [1.29, 1.82) is 0 Å². The zero-order chi connectivity index (χ0) is 21.4. The van der Waals surface area contributed by atoms with Crippen molar-refractivity contribution in [3.05, 3.63) is 73.1 Å². The fourth-order valence-corrected chi connectivity index (χ4v) is 3.63. The van der Waals surface area contributed by atoms with Crippen LogP contribution in [0.25, 0.3) is 33.5 Å². The molecule has 0 aliphatic carbocycles. The highest BCUT2D eigenvalue weighted by Gasteiger charge is 2.20. The molecule has 0 aliphatic rings. The van der Waals surface area contributed by atoms with Crippen LogP contribution in [-0.4, -0.2) is 30.6 Å². The van der Waals surface area contributed by atoms with Crippen LogP contribution in [0, 0.1) is 0 Å². The van der Waals surface area contributed by atoms with Gasteiger partial charge >= 0.3 is 0 Å². The first-order valence-electron chi connectivity index (χ1n) is 9.93. The van der Waals surface area contributed by atoms with E-state index in [1.54, 1.807) is 24.9 Å². The summed E-state index contributed by atoms with van der Waals surface area (Å²) in [6.45, 7) is 4.09. The molecule has 0 saturated heterocycles. The number of H-pyrrole nitrogens is 1. The summed E-state index contributed by atoms with van der Waals surface area (Å²) in [6, 6.07) is 15.2. The number of amides is 1. The molecule has 0 radical (unpaired) electrons. The van der Waals surface area contributed by atoms with Crippen LogP contribution in [0.1, 0.15) is 30.4 Å². The van der Waals surface area contributed by atoms with Gasteiger partial charge in [-0.3, -0.25) is 4.79 Å². The maximum Gasteiger partial charge on any atom is 0.273 e. The fraction of sp³-hybridized carbons (Fsp3) is 0.130. The number of pyridine rings is 1. The second kappa shape index (κ2) is 7.56. The van der Waals surface area contributed by atoms with Gasteiger partial charge in [-0.1, -0.05) is 24.3 Å². The van der Waals surface area contributed by atoms with Crippen molar-refractivity contribution in [2.45, 2.75) is 19.9 Å². The van der Waals surface area contributed by atoms with Gasteiger partial charge in [0.2, 0.25) is 0 Å². The second-order valence-corrected chi connectivity index (χ2v) is 7.45. The van der Waals surface area contributed by atoms with Gasteiger partial charge in [0.1, 0.15) is 23.5 Å². The number of nitrogens with one attached hydrogen (secondary N) is 2. The number of benzene rings is 1. The third kappa shape index (κ3) is 3.38. The summed E-state index contributed by atoms with van der Waals surface area (Å²) < 4.78 is 7.19. The predicted molar refractivity (Wildman–Crippen MR) is 118 cm³/mol. The molecular formula is C23H20N6O2. The lowest BCUT2D eigenvalue weighted by Crippen LogP contribution is -2.14. The minimum absolute atomic E-state index is 0.189. The van der Waals surface area contributed by atoms with E-state index in [0.717, 1.165) is 22.0 Å². The first-order valence-corrected chi connectivity index (χ1v) is 9.93. The molecule has 1 amide bonds. The molecule has 8 nitrogen and oxygen atoms in total. The van der Waals surface area contributed by atoms with E-state index in [4.69, 9.17) is 4.42 Å². The lowest BCUT2D eigenvalue weighted by atomic mass is 10.0. The molecule has 5 aromatic rings. The number of rotatable bonds is 5. The number of aromatic nitrogens is 5. The largest absolute Gasteiger partial charge is 0.472 e. The van der Waals surface area contributed by atoms with Gasteiger partial charge in [-0.2, -0.15) is 0 Å². The molecule has 0 aliphatic heterocycles. The molecule has 154 valence electrons. The van der Waals surface area contributed by atoms with Crippen LogP contribution in [-0.2, 0) is 0 Å². The highest BCUT2D eigenvalue weighted by Crippen LogP contribution is 2.33. The summed E-state index contributed by atoms with van der Waals surface area (Å²) in [6.07, 6.45) is 4.90. The Kier molecular flexibility index (Phi) is 4.59. The number of carbonyl (C=O) groups is 1. The van der Waals surface area contributed by atoms with E-state index in [1.165, 1.54) is 0 Å². The number of hydrogen-bond acceptors (Lipinski definition) is 5. The Morgan fingerprint density at radius 1 is 1.13 bits per heavy atom. The van der Waals surface area contributed by atoms with Gasteiger partial charge in [-0.15, -0.1) is 10.2 Å². The third-order valence-corrected chi connectivity index (χ3v) is 5.09. The van der Waals surface area contributed by atoms with E-state index in [-0.39, 0.29) is 11.9 Å². The molecule has 31 heavy (non-hydrogen) atoms. The van der Waals surface area contributed by atoms with E-state index in [0.29, 0.717) is 23.0 Å². The minimum Gasteiger partial charge on any atom is -0.472 e. The van der Waals surface area contributed by atoms with Crippen molar-refractivity contribution >= 4 is 22.6 Å². The van der Waals surface area contributed by atoms with Crippen molar-refractivity contribution in [3.63, 3.8) is 0 Å². The Morgan fingerprint density at radius 3 is 2.81 bits per heavy atom. The van der Waals surface area contributed by atoms with E-state index >= 15 is 0 Å². The van der Waals surface area contributed by atoms with Crippen LogP contribution in [0.2, 0.25) is 0 Å². The van der Waals surface area contributed by atoms with Crippen LogP contribution < -0.4 is 5.32 Å². The summed E-state index contributed by atoms with van der Waals surface area (Å²) >= 11 is 0. The van der Waals surface area contributed by atoms with Crippen molar-refractivity contribution in [2.75, 3.05) is 5.32 Å². The Hall–Kier alpha value is -4.20. The molecule has 0 saturated carbocycles. The van der Waals surface area contributed by atoms with Gasteiger partial charge in [0.15, 0.2) is 5.82 Å². The van der Waals surface area contributed by atoms with Crippen LogP contribution >= 0.6 is 0 Å². The molecule has 0 bridgehead atoms. The maximum atomic E-state index is 13.2. The van der Waals surface area contributed by atoms with E-state index in [1.807, 2.05) is 60.9 Å². The minimum atomic E-state index is -0.289. The van der Waals surface area contributed by atoms with Crippen molar-refractivity contribution < 1.29 is 9.21 Å². The topological polar surface area (TPSA) is 102 Å². The Balaban J connectivity index is 1.51. The normalized spacial score (nSPS) is 11.3. The first kappa shape index (κ1) is 18.8. The predicted octanol–water partition coefficient (Wildman–Crippen LogP) is 4.91. The molecule has 2 N–H and O–H groups in total. The van der Waals surface area contributed by atoms with Gasteiger partial charge in [0.05, 0.1) is 12.5 Å². The van der Waals surface area contributed by atoms with E-state index in [2.05, 4.69) is 25.5 Å². The smallest absolute Gasteiger partial charge is 0.273 e. The highest BCUT2D eigenvalue weighted by molar-refractivity contribution is 6.13. The van der Waals surface area contributed by atoms with Crippen LogP contribution in [0.3, 0.4) is 0 Å². The van der Waals surface area contributed by atoms with Gasteiger partial charge < -0.3 is 19.3 Å². The highest BCUT2D eigenvalue weighted by atomic mass is 16.3. The number of aromatic amines is 1. The molecule has 4 heterocycles. The first-order chi connectivity index (χ1) is 15.1. The molecule has 5 rings (SSSR count). The number of fused-ring (bicyclic) bond motifs is 1. The summed E-state index contributed by atoms with van der Waals surface area (Å²) in [5, 5.41) is 12.0. The monoisotopic (exact) mass is 412 g/mol. The van der Waals surface area contributed by atoms with Crippen LogP contribution in [0.4, 0.5) is 5.82 Å². The summed E-state index contributed by atoms with van der Waals surface area (Å²) in [5.41, 5.74) is 3.57. The average molecular weight is 412 g/mol. The number of para-hydroxylation sites is 1. The van der Waals surface area contributed by atoms with Crippen LogP contribution in [0.15, 0.2) is 71.8 Å². The van der Waals surface area contributed by atoms with E-state index in [9.17, 15) is 4.79 Å². The van der Waals surface area contributed by atoms with Crippen molar-refractivity contribution in [1.82, 2.24) is 24.7 Å². The quantitative estimate of drug-likeness (QED) is 0.427. The molecule has 0 fully saturated rings.